The van der Waals surface area contributed by atoms with Gasteiger partial charge in [0.2, 0.25) is 0 Å². The highest BCUT2D eigenvalue weighted by Crippen LogP contribution is 2.63. The van der Waals surface area contributed by atoms with E-state index in [4.69, 9.17) is 19.4 Å². The molecule has 0 N–H and O–H groups in total. The molecule has 0 unspecified atom stereocenters. The molecule has 4 heteroatoms. The van der Waals surface area contributed by atoms with Crippen LogP contribution in [-0.2, 0) is 10.8 Å². The highest BCUT2D eigenvalue weighted by molar-refractivity contribution is 6.10. The molecule has 0 saturated heterocycles. The average molecular weight is 680 g/mol. The molecule has 53 heavy (non-hydrogen) atoms. The lowest BCUT2D eigenvalue weighted by Gasteiger charge is -2.47. The maximum atomic E-state index is 6.71. The van der Waals surface area contributed by atoms with Crippen molar-refractivity contribution in [3.8, 4) is 45.3 Å². The van der Waals surface area contributed by atoms with Gasteiger partial charge in [-0.15, -0.1) is 0 Å². The van der Waals surface area contributed by atoms with Crippen molar-refractivity contribution in [1.29, 1.82) is 0 Å². The number of rotatable bonds is 3. The number of fused-ring (bicyclic) bond motifs is 13. The SMILES string of the molecule is CC1(C)c2ccccc2C2(c3ccccc3-c3ccccc32)c2ccc3oc4ccc(-c5nc(-c6ccccc6)nc(-c6ccccc6)n5)cc4c3c21. The summed E-state index contributed by atoms with van der Waals surface area (Å²) in [6, 6.07) is 58.1. The molecule has 250 valence electrons. The lowest BCUT2D eigenvalue weighted by atomic mass is 9.55. The minimum atomic E-state index is -0.479. The minimum Gasteiger partial charge on any atom is -0.456 e. The van der Waals surface area contributed by atoms with Crippen LogP contribution in [0.2, 0.25) is 0 Å². The molecule has 2 aromatic heterocycles. The molecule has 2 heterocycles. The molecular weight excluding hydrogens is 647 g/mol. The molecule has 0 aliphatic heterocycles. The second-order valence-electron chi connectivity index (χ2n) is 14.7. The number of hydrogen-bond acceptors (Lipinski definition) is 4. The van der Waals surface area contributed by atoms with E-state index in [-0.39, 0.29) is 5.41 Å². The number of furan rings is 1. The van der Waals surface area contributed by atoms with Gasteiger partial charge in [-0.1, -0.05) is 153 Å². The zero-order valence-corrected chi connectivity index (χ0v) is 29.3. The summed E-state index contributed by atoms with van der Waals surface area (Å²) in [7, 11) is 0. The van der Waals surface area contributed by atoms with Gasteiger partial charge in [-0.2, -0.15) is 0 Å². The molecule has 0 saturated carbocycles. The van der Waals surface area contributed by atoms with Crippen LogP contribution in [0.3, 0.4) is 0 Å². The maximum absolute atomic E-state index is 6.71. The Bertz CT molecular complexity index is 2820. The van der Waals surface area contributed by atoms with Crippen LogP contribution >= 0.6 is 0 Å². The molecule has 7 aromatic carbocycles. The van der Waals surface area contributed by atoms with E-state index >= 15 is 0 Å². The summed E-state index contributed by atoms with van der Waals surface area (Å²) in [5, 5.41) is 2.19. The largest absolute Gasteiger partial charge is 0.456 e. The normalized spacial score (nSPS) is 14.5. The Hall–Kier alpha value is -6.65. The molecule has 0 bridgehead atoms. The number of aromatic nitrogens is 3. The Kier molecular flexibility index (Phi) is 6.19. The Balaban J connectivity index is 1.21. The smallest absolute Gasteiger partial charge is 0.164 e. The van der Waals surface area contributed by atoms with Gasteiger partial charge in [-0.05, 0) is 68.8 Å². The first-order valence-electron chi connectivity index (χ1n) is 18.2. The number of benzene rings is 7. The highest BCUT2D eigenvalue weighted by atomic mass is 16.3. The fourth-order valence-corrected chi connectivity index (χ4v) is 9.36. The topological polar surface area (TPSA) is 51.8 Å². The van der Waals surface area contributed by atoms with E-state index in [1.54, 1.807) is 0 Å². The van der Waals surface area contributed by atoms with Gasteiger partial charge in [0.25, 0.3) is 0 Å². The van der Waals surface area contributed by atoms with Crippen LogP contribution in [0.1, 0.15) is 47.2 Å². The number of nitrogens with zero attached hydrogens (tertiary/aromatic N) is 3. The quantitative estimate of drug-likeness (QED) is 0.186. The molecule has 0 amide bonds. The van der Waals surface area contributed by atoms with Crippen molar-refractivity contribution in [2.75, 3.05) is 0 Å². The van der Waals surface area contributed by atoms with Crippen molar-refractivity contribution in [3.63, 3.8) is 0 Å². The van der Waals surface area contributed by atoms with Crippen LogP contribution in [0.25, 0.3) is 67.2 Å². The van der Waals surface area contributed by atoms with Crippen molar-refractivity contribution >= 4 is 21.9 Å². The Morgan fingerprint density at radius 3 is 1.51 bits per heavy atom. The van der Waals surface area contributed by atoms with E-state index in [2.05, 4.69) is 117 Å². The first-order valence-corrected chi connectivity index (χ1v) is 18.2. The summed E-state index contributed by atoms with van der Waals surface area (Å²) < 4.78 is 6.71. The van der Waals surface area contributed by atoms with Gasteiger partial charge in [0.05, 0.1) is 5.41 Å². The molecule has 11 rings (SSSR count). The van der Waals surface area contributed by atoms with Crippen molar-refractivity contribution in [1.82, 2.24) is 15.0 Å². The Morgan fingerprint density at radius 2 is 0.906 bits per heavy atom. The second kappa shape index (κ2) is 10.9. The van der Waals surface area contributed by atoms with Gasteiger partial charge in [0.15, 0.2) is 17.5 Å². The molecule has 1 spiro atoms. The van der Waals surface area contributed by atoms with E-state index in [0.29, 0.717) is 17.5 Å². The van der Waals surface area contributed by atoms with Gasteiger partial charge in [0, 0.05) is 32.9 Å². The third-order valence-electron chi connectivity index (χ3n) is 11.6. The van der Waals surface area contributed by atoms with E-state index < -0.39 is 5.41 Å². The van der Waals surface area contributed by atoms with Gasteiger partial charge in [-0.3, -0.25) is 0 Å². The zero-order chi connectivity index (χ0) is 35.3. The third-order valence-corrected chi connectivity index (χ3v) is 11.6. The van der Waals surface area contributed by atoms with Gasteiger partial charge < -0.3 is 4.42 Å². The first-order chi connectivity index (χ1) is 26.0. The highest BCUT2D eigenvalue weighted by Gasteiger charge is 2.54. The fourth-order valence-electron chi connectivity index (χ4n) is 9.36. The van der Waals surface area contributed by atoms with Crippen LogP contribution < -0.4 is 0 Å². The van der Waals surface area contributed by atoms with Crippen molar-refractivity contribution in [3.05, 3.63) is 197 Å². The van der Waals surface area contributed by atoms with Gasteiger partial charge in [0.1, 0.15) is 11.2 Å². The summed E-state index contributed by atoms with van der Waals surface area (Å²) in [5.74, 6) is 1.91. The van der Waals surface area contributed by atoms with E-state index in [0.717, 1.165) is 38.6 Å². The van der Waals surface area contributed by atoms with Crippen LogP contribution in [0, 0.1) is 0 Å². The van der Waals surface area contributed by atoms with E-state index in [1.807, 2.05) is 60.7 Å². The Labute approximate surface area is 307 Å². The van der Waals surface area contributed by atoms with E-state index in [9.17, 15) is 0 Å². The lowest BCUT2D eigenvalue weighted by molar-refractivity contribution is 0.567. The van der Waals surface area contributed by atoms with Crippen LogP contribution in [-0.4, -0.2) is 15.0 Å². The van der Waals surface area contributed by atoms with Crippen molar-refractivity contribution in [2.24, 2.45) is 0 Å². The molecule has 0 atom stereocenters. The second-order valence-corrected chi connectivity index (χ2v) is 14.7. The van der Waals surface area contributed by atoms with Crippen molar-refractivity contribution in [2.45, 2.75) is 24.7 Å². The predicted octanol–water partition coefficient (Wildman–Crippen LogP) is 11.8. The summed E-state index contributed by atoms with van der Waals surface area (Å²) in [6.07, 6.45) is 0. The fraction of sp³-hybridized carbons (Fsp3) is 0.0816. The van der Waals surface area contributed by atoms with Gasteiger partial charge >= 0.3 is 0 Å². The molecule has 2 aliphatic rings. The summed E-state index contributed by atoms with van der Waals surface area (Å²) in [5.41, 5.74) is 14.2. The monoisotopic (exact) mass is 679 g/mol. The molecule has 0 fully saturated rings. The molecule has 2 aliphatic carbocycles. The molecule has 0 radical (unpaired) electrons. The molecule has 4 nitrogen and oxygen atoms in total. The minimum absolute atomic E-state index is 0.329. The standard InChI is InChI=1S/C49H33N3O/c1-48(2)38-23-13-14-24-39(38)49(36-21-11-9-19-33(36)34-20-10-12-22-37(34)49)40-26-28-42-43(44(40)48)35-29-32(25-27-41(35)53-42)47-51-45(30-15-5-3-6-16-30)50-46(52-47)31-17-7-4-8-18-31/h3-29H,1-2H3. The summed E-state index contributed by atoms with van der Waals surface area (Å²) >= 11 is 0. The van der Waals surface area contributed by atoms with Crippen molar-refractivity contribution < 1.29 is 4.42 Å². The van der Waals surface area contributed by atoms with Crippen LogP contribution in [0.4, 0.5) is 0 Å². The Morgan fingerprint density at radius 1 is 0.415 bits per heavy atom. The van der Waals surface area contributed by atoms with Gasteiger partial charge in [-0.25, -0.2) is 15.0 Å². The first kappa shape index (κ1) is 30.0. The zero-order valence-electron chi connectivity index (χ0n) is 29.3. The average Bonchev–Trinajstić information content (AvgIpc) is 3.74. The molecular formula is C49H33N3O. The third kappa shape index (κ3) is 4.09. The predicted molar refractivity (Wildman–Crippen MR) is 213 cm³/mol. The number of hydrogen-bond donors (Lipinski definition) is 0. The van der Waals surface area contributed by atoms with E-state index in [1.165, 1.54) is 44.5 Å². The summed E-state index contributed by atoms with van der Waals surface area (Å²) in [6.45, 7) is 4.74. The summed E-state index contributed by atoms with van der Waals surface area (Å²) in [4.78, 5) is 15.1. The van der Waals surface area contributed by atoms with Crippen LogP contribution in [0.5, 0.6) is 0 Å². The molecule has 9 aromatic rings. The lowest BCUT2D eigenvalue weighted by Crippen LogP contribution is -2.40. The van der Waals surface area contributed by atoms with Crippen LogP contribution in [0.15, 0.2) is 168 Å². The maximum Gasteiger partial charge on any atom is 0.164 e.